The minimum Gasteiger partial charge on any atom is -0.326 e. The van der Waals surface area contributed by atoms with Crippen LogP contribution < -0.4 is 5.32 Å². The smallest absolute Gasteiger partial charge is 0.228 e. The summed E-state index contributed by atoms with van der Waals surface area (Å²) in [5.74, 6) is 1.13. The molecule has 1 atom stereocenters. The van der Waals surface area contributed by atoms with E-state index >= 15 is 0 Å². The van der Waals surface area contributed by atoms with E-state index in [1.807, 2.05) is 18.2 Å². The Morgan fingerprint density at radius 3 is 2.72 bits per heavy atom. The highest BCUT2D eigenvalue weighted by Gasteiger charge is 2.27. The monoisotopic (exact) mass is 410 g/mol. The summed E-state index contributed by atoms with van der Waals surface area (Å²) in [6, 6.07) is 15.9. The zero-order valence-corrected chi connectivity index (χ0v) is 17.7. The standard InChI is InChI=1S/C23H27ClN4O/c1-16(2)28-21-8-4-3-7-20(21)26-22(28)15-27-13-5-6-17(14-27)23(29)25-19-11-9-18(24)10-12-19/h3-4,7-12,16-17H,5-6,13-15H2,1-2H3,(H,25,29)/t17-/m1/s1. The lowest BCUT2D eigenvalue weighted by molar-refractivity contribution is -0.121. The summed E-state index contributed by atoms with van der Waals surface area (Å²) < 4.78 is 2.31. The van der Waals surface area contributed by atoms with Crippen molar-refractivity contribution in [1.29, 1.82) is 0 Å². The van der Waals surface area contributed by atoms with Crippen LogP contribution in [0.2, 0.25) is 5.02 Å². The summed E-state index contributed by atoms with van der Waals surface area (Å²) in [6.07, 6.45) is 1.93. The largest absolute Gasteiger partial charge is 0.326 e. The molecule has 2 aromatic carbocycles. The fourth-order valence-corrected chi connectivity index (χ4v) is 4.30. The summed E-state index contributed by atoms with van der Waals surface area (Å²) in [5, 5.41) is 3.70. The van der Waals surface area contributed by atoms with Crippen LogP contribution >= 0.6 is 11.6 Å². The lowest BCUT2D eigenvalue weighted by Gasteiger charge is -2.32. The van der Waals surface area contributed by atoms with Gasteiger partial charge >= 0.3 is 0 Å². The quantitative estimate of drug-likeness (QED) is 0.635. The van der Waals surface area contributed by atoms with Crippen molar-refractivity contribution in [3.63, 3.8) is 0 Å². The number of nitrogens with one attached hydrogen (secondary N) is 1. The number of imidazole rings is 1. The van der Waals surface area contributed by atoms with Gasteiger partial charge in [0.25, 0.3) is 0 Å². The van der Waals surface area contributed by atoms with E-state index in [0.717, 1.165) is 49.5 Å². The molecule has 1 saturated heterocycles. The first kappa shape index (κ1) is 19.9. The second-order valence-electron chi connectivity index (χ2n) is 8.05. The average molecular weight is 411 g/mol. The van der Waals surface area contributed by atoms with Crippen LogP contribution in [0.1, 0.15) is 38.6 Å². The van der Waals surface area contributed by atoms with Gasteiger partial charge in [0.15, 0.2) is 0 Å². The van der Waals surface area contributed by atoms with E-state index in [9.17, 15) is 4.79 Å². The second-order valence-corrected chi connectivity index (χ2v) is 8.49. The third-order valence-corrected chi connectivity index (χ3v) is 5.79. The summed E-state index contributed by atoms with van der Waals surface area (Å²) >= 11 is 5.93. The minimum absolute atomic E-state index is 0.0173. The summed E-state index contributed by atoms with van der Waals surface area (Å²) in [4.78, 5) is 20.0. The maximum Gasteiger partial charge on any atom is 0.228 e. The Bertz CT molecular complexity index is 996. The first-order valence-corrected chi connectivity index (χ1v) is 10.6. The number of rotatable bonds is 5. The van der Waals surface area contributed by atoms with Crippen molar-refractivity contribution in [3.8, 4) is 0 Å². The third kappa shape index (κ3) is 4.46. The Morgan fingerprint density at radius 2 is 1.97 bits per heavy atom. The zero-order chi connectivity index (χ0) is 20.4. The molecule has 1 aliphatic heterocycles. The lowest BCUT2D eigenvalue weighted by atomic mass is 9.97. The van der Waals surface area contributed by atoms with E-state index in [2.05, 4.69) is 46.8 Å². The number of carbonyl (C=O) groups is 1. The van der Waals surface area contributed by atoms with Crippen molar-refractivity contribution in [1.82, 2.24) is 14.5 Å². The van der Waals surface area contributed by atoms with Gasteiger partial charge in [-0.25, -0.2) is 4.98 Å². The number of amides is 1. The Morgan fingerprint density at radius 1 is 1.21 bits per heavy atom. The third-order valence-electron chi connectivity index (χ3n) is 5.54. The minimum atomic E-state index is -0.0173. The summed E-state index contributed by atoms with van der Waals surface area (Å²) in [5.41, 5.74) is 3.00. The van der Waals surface area contributed by atoms with Gasteiger partial charge in [0.05, 0.1) is 23.5 Å². The van der Waals surface area contributed by atoms with E-state index in [0.29, 0.717) is 11.1 Å². The summed E-state index contributed by atoms with van der Waals surface area (Å²) in [6.45, 7) is 6.89. The normalized spacial score (nSPS) is 17.7. The van der Waals surface area contributed by atoms with Gasteiger partial charge in [0.1, 0.15) is 5.82 Å². The molecule has 0 spiro atoms. The first-order chi connectivity index (χ1) is 14.0. The molecule has 1 fully saturated rings. The van der Waals surface area contributed by atoms with Gasteiger partial charge in [-0.1, -0.05) is 23.7 Å². The van der Waals surface area contributed by atoms with E-state index in [4.69, 9.17) is 16.6 Å². The molecule has 2 heterocycles. The number of nitrogens with zero attached hydrogens (tertiary/aromatic N) is 3. The number of likely N-dealkylation sites (tertiary alicyclic amines) is 1. The van der Waals surface area contributed by atoms with Gasteiger partial charge in [-0.3, -0.25) is 9.69 Å². The number of carbonyl (C=O) groups excluding carboxylic acids is 1. The number of hydrogen-bond donors (Lipinski definition) is 1. The number of piperidine rings is 1. The number of aromatic nitrogens is 2. The lowest BCUT2D eigenvalue weighted by Crippen LogP contribution is -2.40. The van der Waals surface area contributed by atoms with Gasteiger partial charge in [0, 0.05) is 23.3 Å². The van der Waals surface area contributed by atoms with Crippen LogP contribution in [-0.4, -0.2) is 33.4 Å². The molecule has 0 unspecified atom stereocenters. The highest BCUT2D eigenvalue weighted by molar-refractivity contribution is 6.30. The van der Waals surface area contributed by atoms with E-state index in [1.165, 1.54) is 5.52 Å². The molecule has 4 rings (SSSR count). The van der Waals surface area contributed by atoms with Gasteiger partial charge in [-0.05, 0) is 69.6 Å². The van der Waals surface area contributed by atoms with E-state index < -0.39 is 0 Å². The number of fused-ring (bicyclic) bond motifs is 1. The van der Waals surface area contributed by atoms with Crippen molar-refractivity contribution in [2.45, 2.75) is 39.3 Å². The number of anilines is 1. The van der Waals surface area contributed by atoms with Crippen LogP contribution in [0.5, 0.6) is 0 Å². The maximum absolute atomic E-state index is 12.8. The van der Waals surface area contributed by atoms with Crippen molar-refractivity contribution in [3.05, 3.63) is 59.4 Å². The molecular weight excluding hydrogens is 384 g/mol. The van der Waals surface area contributed by atoms with Crippen LogP contribution in [0.4, 0.5) is 5.69 Å². The van der Waals surface area contributed by atoms with E-state index in [1.54, 1.807) is 12.1 Å². The topological polar surface area (TPSA) is 50.2 Å². The van der Waals surface area contributed by atoms with Gasteiger partial charge in [-0.15, -0.1) is 0 Å². The number of halogens is 1. The van der Waals surface area contributed by atoms with Gasteiger partial charge in [-0.2, -0.15) is 0 Å². The van der Waals surface area contributed by atoms with Crippen LogP contribution in [0.3, 0.4) is 0 Å². The van der Waals surface area contributed by atoms with Crippen molar-refractivity contribution >= 4 is 34.2 Å². The number of para-hydroxylation sites is 2. The molecule has 1 aromatic heterocycles. The molecule has 0 saturated carbocycles. The molecule has 1 aliphatic rings. The SMILES string of the molecule is CC(C)n1c(CN2CCC[C@@H](C(=O)Nc3ccc(Cl)cc3)C2)nc2ccccc21. The molecule has 0 radical (unpaired) electrons. The molecule has 152 valence electrons. The van der Waals surface area contributed by atoms with Crippen molar-refractivity contribution in [2.75, 3.05) is 18.4 Å². The first-order valence-electron chi connectivity index (χ1n) is 10.3. The Kier molecular flexibility index (Phi) is 5.88. The molecular formula is C23H27ClN4O. The maximum atomic E-state index is 12.8. The molecule has 3 aromatic rings. The fraction of sp³-hybridized carbons (Fsp3) is 0.391. The average Bonchev–Trinajstić information content (AvgIpc) is 3.08. The highest BCUT2D eigenvalue weighted by Crippen LogP contribution is 2.25. The molecule has 1 amide bonds. The van der Waals surface area contributed by atoms with Crippen molar-refractivity contribution in [2.24, 2.45) is 5.92 Å². The highest BCUT2D eigenvalue weighted by atomic mass is 35.5. The van der Waals surface area contributed by atoms with E-state index in [-0.39, 0.29) is 11.8 Å². The van der Waals surface area contributed by atoms with Crippen LogP contribution in [0.25, 0.3) is 11.0 Å². The molecule has 5 nitrogen and oxygen atoms in total. The zero-order valence-electron chi connectivity index (χ0n) is 16.9. The van der Waals surface area contributed by atoms with Crippen molar-refractivity contribution < 1.29 is 4.79 Å². The second kappa shape index (κ2) is 8.56. The Hall–Kier alpha value is -2.37. The van der Waals surface area contributed by atoms with Crippen LogP contribution in [0, 0.1) is 5.92 Å². The molecule has 0 aliphatic carbocycles. The van der Waals surface area contributed by atoms with Crippen LogP contribution in [0.15, 0.2) is 48.5 Å². The number of hydrogen-bond acceptors (Lipinski definition) is 3. The molecule has 0 bridgehead atoms. The predicted octanol–water partition coefficient (Wildman–Crippen LogP) is 5.12. The Balaban J connectivity index is 1.46. The molecule has 6 heteroatoms. The van der Waals surface area contributed by atoms with Gasteiger partial charge in [0.2, 0.25) is 5.91 Å². The fourth-order valence-electron chi connectivity index (χ4n) is 4.17. The summed E-state index contributed by atoms with van der Waals surface area (Å²) in [7, 11) is 0. The molecule has 1 N–H and O–H groups in total. The molecule has 29 heavy (non-hydrogen) atoms. The van der Waals surface area contributed by atoms with Gasteiger partial charge < -0.3 is 9.88 Å². The predicted molar refractivity (Wildman–Crippen MR) is 118 cm³/mol. The Labute approximate surface area is 176 Å². The van der Waals surface area contributed by atoms with Crippen LogP contribution in [-0.2, 0) is 11.3 Å². The number of benzene rings is 2.